The van der Waals surface area contributed by atoms with Gasteiger partial charge in [0, 0.05) is 39.0 Å². The molecule has 1 saturated heterocycles. The van der Waals surface area contributed by atoms with Gasteiger partial charge in [-0.25, -0.2) is 4.98 Å². The molecule has 2 aromatic rings. The number of piperidine rings is 1. The summed E-state index contributed by atoms with van der Waals surface area (Å²) < 4.78 is 8.26. The maximum absolute atomic E-state index is 6.04. The number of hydrogen-bond donors (Lipinski definition) is 1. The SMILES string of the molecule is CN=C(NCC1Cc2ccccc2O1)N1CCC(C)C(n2ccnc2)C1.I. The molecule has 1 N–H and O–H groups in total. The van der Waals surface area contributed by atoms with Gasteiger partial charge in [-0.2, -0.15) is 0 Å². The van der Waals surface area contributed by atoms with Gasteiger partial charge >= 0.3 is 0 Å². The van der Waals surface area contributed by atoms with E-state index in [0.717, 1.165) is 44.2 Å². The summed E-state index contributed by atoms with van der Waals surface area (Å²) in [6, 6.07) is 8.72. The lowest BCUT2D eigenvalue weighted by molar-refractivity contribution is 0.185. The fraction of sp³-hybridized carbons (Fsp3) is 0.500. The van der Waals surface area contributed by atoms with Crippen molar-refractivity contribution in [2.75, 3.05) is 26.7 Å². The molecule has 4 rings (SSSR count). The van der Waals surface area contributed by atoms with Gasteiger partial charge in [-0.3, -0.25) is 4.99 Å². The van der Waals surface area contributed by atoms with Crippen LogP contribution in [0.25, 0.3) is 0 Å². The van der Waals surface area contributed by atoms with E-state index < -0.39 is 0 Å². The van der Waals surface area contributed by atoms with Crippen LogP contribution in [0.5, 0.6) is 5.75 Å². The third-order valence-electron chi connectivity index (χ3n) is 5.54. The van der Waals surface area contributed by atoms with E-state index in [2.05, 4.69) is 50.0 Å². The maximum Gasteiger partial charge on any atom is 0.193 e. The van der Waals surface area contributed by atoms with Gasteiger partial charge < -0.3 is 19.5 Å². The van der Waals surface area contributed by atoms with E-state index in [1.807, 2.05) is 31.7 Å². The molecule has 2 aliphatic rings. The van der Waals surface area contributed by atoms with Crippen LogP contribution in [0.1, 0.15) is 24.9 Å². The molecule has 6 nitrogen and oxygen atoms in total. The van der Waals surface area contributed by atoms with Crippen LogP contribution in [-0.2, 0) is 6.42 Å². The monoisotopic (exact) mass is 481 g/mol. The van der Waals surface area contributed by atoms with Crippen LogP contribution >= 0.6 is 24.0 Å². The van der Waals surface area contributed by atoms with Crippen molar-refractivity contribution in [2.45, 2.75) is 31.9 Å². The molecule has 0 saturated carbocycles. The van der Waals surface area contributed by atoms with Crippen molar-refractivity contribution in [1.82, 2.24) is 19.8 Å². The Bertz CT molecular complexity index is 738. The Morgan fingerprint density at radius 1 is 1.37 bits per heavy atom. The number of rotatable bonds is 3. The first-order valence-corrected chi connectivity index (χ1v) is 9.42. The zero-order chi connectivity index (χ0) is 17.9. The highest BCUT2D eigenvalue weighted by atomic mass is 127. The summed E-state index contributed by atoms with van der Waals surface area (Å²) in [6.07, 6.45) is 8.10. The Kier molecular flexibility index (Phi) is 6.62. The summed E-state index contributed by atoms with van der Waals surface area (Å²) in [5, 5.41) is 3.52. The predicted octanol–water partition coefficient (Wildman–Crippen LogP) is 2.96. The molecular weight excluding hydrogens is 453 g/mol. The first kappa shape index (κ1) is 20.0. The van der Waals surface area contributed by atoms with Crippen LogP contribution in [0.15, 0.2) is 48.0 Å². The molecule has 3 atom stereocenters. The number of imidazole rings is 1. The molecular formula is C20H28IN5O. The Hall–Kier alpha value is -1.77. The second-order valence-electron chi connectivity index (χ2n) is 7.27. The smallest absolute Gasteiger partial charge is 0.193 e. The summed E-state index contributed by atoms with van der Waals surface area (Å²) in [7, 11) is 1.86. The number of ether oxygens (including phenoxy) is 1. The molecule has 0 spiro atoms. The van der Waals surface area contributed by atoms with Gasteiger partial charge in [-0.15, -0.1) is 24.0 Å². The van der Waals surface area contributed by atoms with Gasteiger partial charge in [0.25, 0.3) is 0 Å². The number of aliphatic imine (C=N–C) groups is 1. The van der Waals surface area contributed by atoms with Crippen molar-refractivity contribution in [1.29, 1.82) is 0 Å². The zero-order valence-corrected chi connectivity index (χ0v) is 18.2. The van der Waals surface area contributed by atoms with Crippen LogP contribution < -0.4 is 10.1 Å². The molecule has 2 aliphatic heterocycles. The Morgan fingerprint density at radius 2 is 2.22 bits per heavy atom. The first-order valence-electron chi connectivity index (χ1n) is 9.42. The number of likely N-dealkylation sites (tertiary alicyclic amines) is 1. The number of para-hydroxylation sites is 1. The van der Waals surface area contributed by atoms with Gasteiger partial charge in [0.15, 0.2) is 5.96 Å². The second-order valence-corrected chi connectivity index (χ2v) is 7.27. The number of benzene rings is 1. The van der Waals surface area contributed by atoms with Crippen LogP contribution in [0, 0.1) is 5.92 Å². The Labute approximate surface area is 178 Å². The molecule has 0 aliphatic carbocycles. The lowest BCUT2D eigenvalue weighted by Crippen LogP contribution is -2.50. The van der Waals surface area contributed by atoms with Gasteiger partial charge in [0.1, 0.15) is 11.9 Å². The topological polar surface area (TPSA) is 54.7 Å². The lowest BCUT2D eigenvalue weighted by Gasteiger charge is -2.39. The fourth-order valence-electron chi connectivity index (χ4n) is 4.00. The summed E-state index contributed by atoms with van der Waals surface area (Å²) in [4.78, 5) is 11.1. The van der Waals surface area contributed by atoms with E-state index in [0.29, 0.717) is 12.0 Å². The molecule has 0 radical (unpaired) electrons. The van der Waals surface area contributed by atoms with Crippen LogP contribution in [0.4, 0.5) is 0 Å². The van der Waals surface area contributed by atoms with Crippen molar-refractivity contribution in [3.8, 4) is 5.75 Å². The van der Waals surface area contributed by atoms with Crippen molar-refractivity contribution in [3.63, 3.8) is 0 Å². The minimum absolute atomic E-state index is 0. The number of halogens is 1. The van der Waals surface area contributed by atoms with Gasteiger partial charge in [0.05, 0.1) is 18.9 Å². The fourth-order valence-corrected chi connectivity index (χ4v) is 4.00. The van der Waals surface area contributed by atoms with Crippen molar-refractivity contribution < 1.29 is 4.74 Å². The zero-order valence-electron chi connectivity index (χ0n) is 15.9. The van der Waals surface area contributed by atoms with Crippen molar-refractivity contribution >= 4 is 29.9 Å². The average Bonchev–Trinajstić information content (AvgIpc) is 3.32. The van der Waals surface area contributed by atoms with Gasteiger partial charge in [0.2, 0.25) is 0 Å². The molecule has 0 amide bonds. The predicted molar refractivity (Wildman–Crippen MR) is 118 cm³/mol. The van der Waals surface area contributed by atoms with Crippen molar-refractivity contribution in [2.24, 2.45) is 10.9 Å². The second kappa shape index (κ2) is 8.95. The number of fused-ring (bicyclic) bond motifs is 1. The number of nitrogens with zero attached hydrogens (tertiary/aromatic N) is 4. The number of aromatic nitrogens is 2. The minimum Gasteiger partial charge on any atom is -0.488 e. The summed E-state index contributed by atoms with van der Waals surface area (Å²) in [5.74, 6) is 2.61. The number of nitrogens with one attached hydrogen (secondary N) is 1. The van der Waals surface area contributed by atoms with E-state index in [1.54, 1.807) is 0 Å². The van der Waals surface area contributed by atoms with Crippen LogP contribution in [0.2, 0.25) is 0 Å². The van der Waals surface area contributed by atoms with E-state index in [4.69, 9.17) is 4.74 Å². The molecule has 3 heterocycles. The molecule has 7 heteroatoms. The van der Waals surface area contributed by atoms with E-state index >= 15 is 0 Å². The summed E-state index contributed by atoms with van der Waals surface area (Å²) in [6.45, 7) is 5.06. The highest BCUT2D eigenvalue weighted by molar-refractivity contribution is 14.0. The third-order valence-corrected chi connectivity index (χ3v) is 5.54. The van der Waals surface area contributed by atoms with Crippen LogP contribution in [-0.4, -0.2) is 53.2 Å². The molecule has 1 aromatic carbocycles. The maximum atomic E-state index is 6.04. The average molecular weight is 481 g/mol. The van der Waals surface area contributed by atoms with Crippen LogP contribution in [0.3, 0.4) is 0 Å². The highest BCUT2D eigenvalue weighted by Gasteiger charge is 2.29. The van der Waals surface area contributed by atoms with Crippen molar-refractivity contribution in [3.05, 3.63) is 48.5 Å². The molecule has 146 valence electrons. The molecule has 1 aromatic heterocycles. The number of guanidine groups is 1. The van der Waals surface area contributed by atoms with E-state index in [-0.39, 0.29) is 30.1 Å². The summed E-state index contributed by atoms with van der Waals surface area (Å²) in [5.41, 5.74) is 1.29. The molecule has 27 heavy (non-hydrogen) atoms. The highest BCUT2D eigenvalue weighted by Crippen LogP contribution is 2.29. The molecule has 1 fully saturated rings. The number of hydrogen-bond acceptors (Lipinski definition) is 3. The Morgan fingerprint density at radius 3 is 2.96 bits per heavy atom. The van der Waals surface area contributed by atoms with E-state index in [1.165, 1.54) is 5.56 Å². The van der Waals surface area contributed by atoms with E-state index in [9.17, 15) is 0 Å². The largest absolute Gasteiger partial charge is 0.488 e. The molecule has 0 bridgehead atoms. The van der Waals surface area contributed by atoms with Gasteiger partial charge in [-0.05, 0) is 24.0 Å². The normalized spacial score (nSPS) is 24.7. The Balaban J connectivity index is 0.00000210. The third kappa shape index (κ3) is 4.39. The quantitative estimate of drug-likeness (QED) is 0.416. The van der Waals surface area contributed by atoms with Gasteiger partial charge in [-0.1, -0.05) is 25.1 Å². The summed E-state index contributed by atoms with van der Waals surface area (Å²) >= 11 is 0. The first-order chi connectivity index (χ1) is 12.7. The standard InChI is InChI=1S/C20H27N5O.HI/c1-15-7-9-24(13-18(15)25-10-8-22-14-25)20(21-2)23-12-17-11-16-5-3-4-6-19(16)26-17;/h3-6,8,10,14-15,17-18H,7,9,11-13H2,1-2H3,(H,21,23);1H. The minimum atomic E-state index is 0. The lowest BCUT2D eigenvalue weighted by atomic mass is 9.93. The molecule has 3 unspecified atom stereocenters.